The van der Waals surface area contributed by atoms with E-state index in [0.29, 0.717) is 18.2 Å². The van der Waals surface area contributed by atoms with Crippen LogP contribution in [-0.4, -0.2) is 35.2 Å². The molecule has 2 heterocycles. The lowest BCUT2D eigenvalue weighted by Crippen LogP contribution is -2.29. The quantitative estimate of drug-likeness (QED) is 0.364. The second-order valence-electron chi connectivity index (χ2n) is 9.09. The highest BCUT2D eigenvalue weighted by Crippen LogP contribution is 2.44. The van der Waals surface area contributed by atoms with E-state index in [1.165, 1.54) is 5.56 Å². The fraction of sp³-hybridized carbons (Fsp3) is 0.241. The number of benzene rings is 3. The van der Waals surface area contributed by atoms with E-state index in [1.54, 1.807) is 14.2 Å². The Labute approximate surface area is 205 Å². The van der Waals surface area contributed by atoms with E-state index in [2.05, 4.69) is 48.3 Å². The first-order chi connectivity index (χ1) is 17.0. The summed E-state index contributed by atoms with van der Waals surface area (Å²) < 4.78 is 10.6. The number of nitrogens with one attached hydrogen (secondary N) is 1. The topological polar surface area (TPSA) is 67.5 Å². The predicted octanol–water partition coefficient (Wildman–Crippen LogP) is 5.96. The molecule has 0 bridgehead atoms. The molecule has 0 radical (unpaired) electrons. The first kappa shape index (κ1) is 22.7. The second kappa shape index (κ2) is 9.29. The monoisotopic (exact) mass is 467 g/mol. The SMILES string of the molecule is COc1ccc(CN2C(=O)c3[nH]nc(-c4ccc(OC)cc4)c3C2c2ccc(C(C)C)cc2)cc1. The van der Waals surface area contributed by atoms with E-state index in [0.717, 1.165) is 39.4 Å². The van der Waals surface area contributed by atoms with Crippen molar-refractivity contribution >= 4 is 5.91 Å². The largest absolute Gasteiger partial charge is 0.497 e. The Balaban J connectivity index is 1.59. The number of nitrogens with zero attached hydrogens (tertiary/aromatic N) is 2. The summed E-state index contributed by atoms with van der Waals surface area (Å²) in [5.41, 5.74) is 6.53. The van der Waals surface area contributed by atoms with Crippen molar-refractivity contribution in [1.82, 2.24) is 15.1 Å². The summed E-state index contributed by atoms with van der Waals surface area (Å²) in [6.45, 7) is 4.84. The Bertz CT molecular complexity index is 1320. The van der Waals surface area contributed by atoms with E-state index in [1.807, 2.05) is 53.4 Å². The fourth-order valence-electron chi connectivity index (χ4n) is 4.67. The van der Waals surface area contributed by atoms with Crippen LogP contribution in [0.2, 0.25) is 0 Å². The van der Waals surface area contributed by atoms with Crippen molar-refractivity contribution in [3.8, 4) is 22.8 Å². The van der Waals surface area contributed by atoms with Crippen LogP contribution in [0.15, 0.2) is 72.8 Å². The third-order valence-electron chi connectivity index (χ3n) is 6.66. The Kier molecular flexibility index (Phi) is 6.03. The van der Waals surface area contributed by atoms with Crippen LogP contribution in [-0.2, 0) is 6.54 Å². The van der Waals surface area contributed by atoms with Gasteiger partial charge in [-0.25, -0.2) is 0 Å². The van der Waals surface area contributed by atoms with Gasteiger partial charge in [0.25, 0.3) is 5.91 Å². The molecule has 1 aliphatic heterocycles. The predicted molar refractivity (Wildman–Crippen MR) is 136 cm³/mol. The minimum absolute atomic E-state index is 0.0546. The average molecular weight is 468 g/mol. The van der Waals surface area contributed by atoms with Gasteiger partial charge in [-0.15, -0.1) is 0 Å². The molecule has 6 heteroatoms. The number of ether oxygens (including phenoxy) is 2. The summed E-state index contributed by atoms with van der Waals surface area (Å²) in [6, 6.07) is 23.9. The number of aromatic amines is 1. The lowest BCUT2D eigenvalue weighted by Gasteiger charge is -2.27. The number of carbonyl (C=O) groups is 1. The highest BCUT2D eigenvalue weighted by molar-refractivity contribution is 6.00. The first-order valence-electron chi connectivity index (χ1n) is 11.8. The van der Waals surface area contributed by atoms with Crippen molar-refractivity contribution < 1.29 is 14.3 Å². The van der Waals surface area contributed by atoms with Gasteiger partial charge in [-0.2, -0.15) is 5.10 Å². The fourth-order valence-corrected chi connectivity index (χ4v) is 4.67. The molecule has 0 saturated heterocycles. The maximum atomic E-state index is 13.6. The van der Waals surface area contributed by atoms with Crippen molar-refractivity contribution in [2.24, 2.45) is 0 Å². The second-order valence-corrected chi connectivity index (χ2v) is 9.09. The molecule has 35 heavy (non-hydrogen) atoms. The number of hydrogen-bond acceptors (Lipinski definition) is 4. The van der Waals surface area contributed by atoms with Crippen LogP contribution in [0.5, 0.6) is 11.5 Å². The number of carbonyl (C=O) groups excluding carboxylic acids is 1. The molecule has 5 rings (SSSR count). The standard InChI is InChI=1S/C29H29N3O3/c1-18(2)20-7-9-22(10-8-20)28-25-26(21-11-15-24(35-4)16-12-21)30-31-27(25)29(33)32(28)17-19-5-13-23(34-3)14-6-19/h5-16,18,28H,17H2,1-4H3,(H,30,31). The van der Waals surface area contributed by atoms with E-state index in [-0.39, 0.29) is 11.9 Å². The highest BCUT2D eigenvalue weighted by atomic mass is 16.5. The molecule has 3 aromatic carbocycles. The molecular formula is C29H29N3O3. The zero-order valence-corrected chi connectivity index (χ0v) is 20.4. The number of H-pyrrole nitrogens is 1. The molecule has 1 aromatic heterocycles. The van der Waals surface area contributed by atoms with Gasteiger partial charge in [-0.05, 0) is 59.0 Å². The minimum atomic E-state index is -0.253. The first-order valence-corrected chi connectivity index (χ1v) is 11.8. The smallest absolute Gasteiger partial charge is 0.273 e. The Morgan fingerprint density at radius 1 is 0.886 bits per heavy atom. The van der Waals surface area contributed by atoms with E-state index < -0.39 is 0 Å². The normalized spacial score (nSPS) is 14.9. The molecular weight excluding hydrogens is 438 g/mol. The summed E-state index contributed by atoms with van der Waals surface area (Å²) in [5, 5.41) is 7.60. The zero-order valence-electron chi connectivity index (χ0n) is 20.4. The number of amides is 1. The number of aromatic nitrogens is 2. The van der Waals surface area contributed by atoms with E-state index in [9.17, 15) is 4.79 Å². The van der Waals surface area contributed by atoms with Crippen LogP contribution >= 0.6 is 0 Å². The van der Waals surface area contributed by atoms with Crippen LogP contribution < -0.4 is 9.47 Å². The molecule has 4 aromatic rings. The van der Waals surface area contributed by atoms with Gasteiger partial charge in [0.2, 0.25) is 0 Å². The van der Waals surface area contributed by atoms with Crippen molar-refractivity contribution in [2.75, 3.05) is 14.2 Å². The van der Waals surface area contributed by atoms with Gasteiger partial charge in [-0.3, -0.25) is 9.89 Å². The lowest BCUT2D eigenvalue weighted by atomic mass is 9.93. The van der Waals surface area contributed by atoms with Gasteiger partial charge >= 0.3 is 0 Å². The van der Waals surface area contributed by atoms with Gasteiger partial charge in [0.15, 0.2) is 0 Å². The molecule has 0 fully saturated rings. The van der Waals surface area contributed by atoms with Crippen molar-refractivity contribution in [3.05, 3.63) is 101 Å². The molecule has 178 valence electrons. The lowest BCUT2D eigenvalue weighted by molar-refractivity contribution is 0.0730. The molecule has 1 amide bonds. The van der Waals surface area contributed by atoms with Gasteiger partial charge in [0.05, 0.1) is 26.0 Å². The summed E-state index contributed by atoms with van der Waals surface area (Å²) in [5.74, 6) is 1.95. The van der Waals surface area contributed by atoms with Crippen LogP contribution in [0.4, 0.5) is 0 Å². The van der Waals surface area contributed by atoms with Crippen molar-refractivity contribution in [3.63, 3.8) is 0 Å². The molecule has 1 N–H and O–H groups in total. The maximum Gasteiger partial charge on any atom is 0.273 e. The number of fused-ring (bicyclic) bond motifs is 1. The molecule has 1 aliphatic rings. The zero-order chi connectivity index (χ0) is 24.5. The molecule has 1 unspecified atom stereocenters. The third kappa shape index (κ3) is 4.16. The molecule has 0 saturated carbocycles. The summed E-state index contributed by atoms with van der Waals surface area (Å²) in [4.78, 5) is 15.6. The molecule has 0 spiro atoms. The Morgan fingerprint density at radius 3 is 2.06 bits per heavy atom. The van der Waals surface area contributed by atoms with Crippen LogP contribution in [0.3, 0.4) is 0 Å². The van der Waals surface area contributed by atoms with E-state index in [4.69, 9.17) is 9.47 Å². The summed E-state index contributed by atoms with van der Waals surface area (Å²) >= 11 is 0. The van der Waals surface area contributed by atoms with E-state index >= 15 is 0 Å². The van der Waals surface area contributed by atoms with Gasteiger partial charge in [0.1, 0.15) is 17.2 Å². The molecule has 1 atom stereocenters. The third-order valence-corrected chi connectivity index (χ3v) is 6.66. The Hall–Kier alpha value is -4.06. The maximum absolute atomic E-state index is 13.6. The average Bonchev–Trinajstić information content (AvgIpc) is 3.43. The molecule has 6 nitrogen and oxygen atoms in total. The minimum Gasteiger partial charge on any atom is -0.497 e. The number of hydrogen-bond donors (Lipinski definition) is 1. The van der Waals surface area contributed by atoms with Crippen molar-refractivity contribution in [1.29, 1.82) is 0 Å². The van der Waals surface area contributed by atoms with Crippen LogP contribution in [0, 0.1) is 0 Å². The van der Waals surface area contributed by atoms with Gasteiger partial charge in [0, 0.05) is 17.7 Å². The summed E-state index contributed by atoms with van der Waals surface area (Å²) in [6.07, 6.45) is 0. The summed E-state index contributed by atoms with van der Waals surface area (Å²) in [7, 11) is 3.30. The Morgan fingerprint density at radius 2 is 1.49 bits per heavy atom. The highest BCUT2D eigenvalue weighted by Gasteiger charge is 2.42. The van der Waals surface area contributed by atoms with Crippen LogP contribution in [0.1, 0.15) is 58.5 Å². The number of methoxy groups -OCH3 is 2. The number of rotatable bonds is 7. The van der Waals surface area contributed by atoms with Gasteiger partial charge < -0.3 is 14.4 Å². The van der Waals surface area contributed by atoms with Crippen molar-refractivity contribution in [2.45, 2.75) is 32.4 Å². The van der Waals surface area contributed by atoms with Crippen LogP contribution in [0.25, 0.3) is 11.3 Å². The van der Waals surface area contributed by atoms with Gasteiger partial charge in [-0.1, -0.05) is 50.2 Å². The molecule has 0 aliphatic carbocycles.